The summed E-state index contributed by atoms with van der Waals surface area (Å²) in [5.41, 5.74) is 0.690. The van der Waals surface area contributed by atoms with Gasteiger partial charge in [-0.1, -0.05) is 19.4 Å². The summed E-state index contributed by atoms with van der Waals surface area (Å²) >= 11 is 0. The normalized spacial score (nSPS) is 19.0. The van der Waals surface area contributed by atoms with E-state index in [2.05, 4.69) is 17.1 Å². The smallest absolute Gasteiger partial charge is 0.220 e. The van der Waals surface area contributed by atoms with Gasteiger partial charge < -0.3 is 24.6 Å². The number of hydrogen-bond acceptors (Lipinski definition) is 6. The van der Waals surface area contributed by atoms with Crippen LogP contribution in [0.25, 0.3) is 0 Å². The molecule has 2 aromatic rings. The molecule has 36 heavy (non-hydrogen) atoms. The van der Waals surface area contributed by atoms with Gasteiger partial charge in [0.1, 0.15) is 30.9 Å². The maximum Gasteiger partial charge on any atom is 0.220 e. The summed E-state index contributed by atoms with van der Waals surface area (Å²) in [7, 11) is 0. The summed E-state index contributed by atoms with van der Waals surface area (Å²) in [6.45, 7) is 5.06. The number of hydrogen-bond donors (Lipinski definition) is 2. The minimum Gasteiger partial charge on any atom is -0.494 e. The molecule has 1 fully saturated rings. The Labute approximate surface area is 212 Å². The molecule has 2 unspecified atom stereocenters. The first-order valence-electron chi connectivity index (χ1n) is 13.0. The lowest BCUT2D eigenvalue weighted by atomic mass is 10.00. The number of nitrogens with zero attached hydrogens (tertiary/aromatic N) is 1. The van der Waals surface area contributed by atoms with Crippen LogP contribution in [-0.2, 0) is 4.79 Å². The van der Waals surface area contributed by atoms with Gasteiger partial charge in [0, 0.05) is 19.0 Å². The molecule has 196 valence electrons. The molecule has 0 aliphatic carbocycles. The zero-order valence-corrected chi connectivity index (χ0v) is 21.0. The van der Waals surface area contributed by atoms with E-state index in [4.69, 9.17) is 14.2 Å². The molecule has 0 spiro atoms. The Bertz CT molecular complexity index is 986. The van der Waals surface area contributed by atoms with E-state index in [0.717, 1.165) is 32.2 Å². The highest BCUT2D eigenvalue weighted by Gasteiger charge is 2.31. The first-order chi connectivity index (χ1) is 17.5. The van der Waals surface area contributed by atoms with Crippen molar-refractivity contribution in [2.24, 2.45) is 0 Å². The number of nitrogens with one attached hydrogen (secondary N) is 1. The minimum atomic E-state index is -0.886. The molecule has 2 aromatic carbocycles. The van der Waals surface area contributed by atoms with Crippen molar-refractivity contribution >= 4 is 5.91 Å². The predicted octanol–water partition coefficient (Wildman–Crippen LogP) is 4.24. The molecular weight excluding hydrogens is 463 g/mol. The van der Waals surface area contributed by atoms with Gasteiger partial charge in [0.05, 0.1) is 12.6 Å². The Morgan fingerprint density at radius 3 is 2.75 bits per heavy atom. The number of rotatable bonds is 12. The monoisotopic (exact) mass is 500 g/mol. The first-order valence-corrected chi connectivity index (χ1v) is 13.0. The van der Waals surface area contributed by atoms with Crippen LogP contribution in [0.5, 0.6) is 17.2 Å². The zero-order valence-electron chi connectivity index (χ0n) is 21.0. The van der Waals surface area contributed by atoms with Gasteiger partial charge in [-0.25, -0.2) is 4.39 Å². The van der Waals surface area contributed by atoms with Crippen molar-refractivity contribution in [1.82, 2.24) is 10.2 Å². The Morgan fingerprint density at radius 1 is 1.19 bits per heavy atom. The van der Waals surface area contributed by atoms with Crippen molar-refractivity contribution in [3.63, 3.8) is 0 Å². The van der Waals surface area contributed by atoms with Crippen LogP contribution < -0.4 is 19.5 Å². The first kappa shape index (κ1) is 26.2. The molecule has 0 saturated carbocycles. The van der Waals surface area contributed by atoms with Crippen molar-refractivity contribution in [2.45, 2.75) is 63.6 Å². The van der Waals surface area contributed by atoms with Gasteiger partial charge in [0.25, 0.3) is 0 Å². The van der Waals surface area contributed by atoms with Crippen LogP contribution in [0.4, 0.5) is 4.39 Å². The zero-order chi connectivity index (χ0) is 25.3. The van der Waals surface area contributed by atoms with E-state index in [0.29, 0.717) is 61.6 Å². The number of benzene rings is 2. The number of aliphatic hydroxyl groups is 1. The summed E-state index contributed by atoms with van der Waals surface area (Å²) in [6.07, 6.45) is 4.39. The Balaban J connectivity index is 1.38. The highest BCUT2D eigenvalue weighted by molar-refractivity contribution is 5.76. The predicted molar refractivity (Wildman–Crippen MR) is 135 cm³/mol. The molecule has 0 radical (unpaired) electrons. The van der Waals surface area contributed by atoms with E-state index in [9.17, 15) is 14.3 Å². The summed E-state index contributed by atoms with van der Waals surface area (Å²) in [6, 6.07) is 11.3. The van der Waals surface area contributed by atoms with Crippen LogP contribution in [-0.4, -0.2) is 60.9 Å². The Morgan fingerprint density at radius 2 is 1.97 bits per heavy atom. The van der Waals surface area contributed by atoms with Crippen LogP contribution in [0, 0.1) is 5.82 Å². The molecule has 2 aliphatic rings. The molecule has 8 heteroatoms. The molecule has 0 bridgehead atoms. The third kappa shape index (κ3) is 7.11. The van der Waals surface area contributed by atoms with Gasteiger partial charge >= 0.3 is 0 Å². The van der Waals surface area contributed by atoms with Crippen molar-refractivity contribution in [3.8, 4) is 17.2 Å². The lowest BCUT2D eigenvalue weighted by Crippen LogP contribution is -2.48. The molecular formula is C28H37FN2O5. The molecule has 3 atom stereocenters. The lowest BCUT2D eigenvalue weighted by molar-refractivity contribution is -0.123. The molecule has 1 amide bonds. The number of halogens is 1. The summed E-state index contributed by atoms with van der Waals surface area (Å²) in [5.74, 6) is 1.40. The summed E-state index contributed by atoms with van der Waals surface area (Å²) in [4.78, 5) is 15.3. The van der Waals surface area contributed by atoms with E-state index in [1.165, 1.54) is 12.1 Å². The highest BCUT2D eigenvalue weighted by atomic mass is 19.1. The fourth-order valence-corrected chi connectivity index (χ4v) is 4.98. The second-order valence-electron chi connectivity index (χ2n) is 9.51. The van der Waals surface area contributed by atoms with E-state index in [-0.39, 0.29) is 18.1 Å². The van der Waals surface area contributed by atoms with Gasteiger partial charge in [0.15, 0.2) is 11.5 Å². The van der Waals surface area contributed by atoms with Crippen molar-refractivity contribution in [1.29, 1.82) is 0 Å². The van der Waals surface area contributed by atoms with Crippen molar-refractivity contribution < 1.29 is 28.5 Å². The second-order valence-corrected chi connectivity index (χ2v) is 9.51. The number of aliphatic hydroxyl groups excluding tert-OH is 1. The van der Waals surface area contributed by atoms with Crippen LogP contribution in [0.3, 0.4) is 0 Å². The molecule has 1 saturated heterocycles. The second kappa shape index (κ2) is 12.9. The maximum absolute atomic E-state index is 13.0. The molecule has 2 heterocycles. The van der Waals surface area contributed by atoms with Crippen LogP contribution in [0.2, 0.25) is 0 Å². The number of likely N-dealkylation sites (tertiary alicyclic amines) is 1. The van der Waals surface area contributed by atoms with Crippen LogP contribution >= 0.6 is 0 Å². The fraction of sp³-hybridized carbons (Fsp3) is 0.536. The third-order valence-corrected chi connectivity index (χ3v) is 6.82. The van der Waals surface area contributed by atoms with Crippen LogP contribution in [0.15, 0.2) is 42.5 Å². The number of fused-ring (bicyclic) bond motifs is 1. The Hall–Kier alpha value is -2.84. The SMILES string of the molecule is CCCC1CCCN1C[C@H](NC(=O)CCCOc1ccc(F)cc1)C(O)c1ccc2c(c1)OCCO2. The van der Waals surface area contributed by atoms with E-state index in [1.807, 2.05) is 18.2 Å². The molecule has 2 aliphatic heterocycles. The number of carbonyl (C=O) groups excluding carboxylic acids is 1. The van der Waals surface area contributed by atoms with Gasteiger partial charge in [0.2, 0.25) is 5.91 Å². The lowest BCUT2D eigenvalue weighted by Gasteiger charge is -2.32. The van der Waals surface area contributed by atoms with Crippen LogP contribution in [0.1, 0.15) is 57.1 Å². The number of amides is 1. The van der Waals surface area contributed by atoms with E-state index >= 15 is 0 Å². The average molecular weight is 501 g/mol. The van der Waals surface area contributed by atoms with Gasteiger partial charge in [-0.3, -0.25) is 9.69 Å². The molecule has 7 nitrogen and oxygen atoms in total. The molecule has 0 aromatic heterocycles. The summed E-state index contributed by atoms with van der Waals surface area (Å²) < 4.78 is 30.0. The van der Waals surface area contributed by atoms with Crippen molar-refractivity contribution in [2.75, 3.05) is 32.9 Å². The topological polar surface area (TPSA) is 80.3 Å². The fourth-order valence-electron chi connectivity index (χ4n) is 4.98. The highest BCUT2D eigenvalue weighted by Crippen LogP contribution is 2.34. The van der Waals surface area contributed by atoms with Gasteiger partial charge in [-0.2, -0.15) is 0 Å². The van der Waals surface area contributed by atoms with Crippen molar-refractivity contribution in [3.05, 3.63) is 53.8 Å². The van der Waals surface area contributed by atoms with Gasteiger partial charge in [-0.15, -0.1) is 0 Å². The quantitative estimate of drug-likeness (QED) is 0.425. The Kier molecular flexibility index (Phi) is 9.41. The van der Waals surface area contributed by atoms with E-state index in [1.54, 1.807) is 12.1 Å². The summed E-state index contributed by atoms with van der Waals surface area (Å²) in [5, 5.41) is 14.4. The maximum atomic E-state index is 13.0. The molecule has 4 rings (SSSR count). The number of ether oxygens (including phenoxy) is 3. The minimum absolute atomic E-state index is 0.134. The van der Waals surface area contributed by atoms with Gasteiger partial charge in [-0.05, 0) is 74.2 Å². The average Bonchev–Trinajstić information content (AvgIpc) is 3.33. The number of carbonyl (C=O) groups is 1. The third-order valence-electron chi connectivity index (χ3n) is 6.82. The molecule has 2 N–H and O–H groups in total. The largest absolute Gasteiger partial charge is 0.494 e. The standard InChI is InChI=1S/C28H37FN2O5/c1-2-5-22-6-3-14-31(22)19-24(28(33)20-8-13-25-26(18-20)36-17-16-35-25)30-27(32)7-4-15-34-23-11-9-21(29)10-12-23/h8-13,18,22,24,28,33H,2-7,14-17,19H2,1H3,(H,30,32)/t22?,24-,28?/m0/s1. The van der Waals surface area contributed by atoms with E-state index < -0.39 is 12.1 Å².